The highest BCUT2D eigenvalue weighted by molar-refractivity contribution is 8.00. The molecule has 10 heteroatoms. The number of anilines is 1. The zero-order valence-corrected chi connectivity index (χ0v) is 22.9. The topological polar surface area (TPSA) is 93.0 Å². The molecule has 2 heterocycles. The molecule has 1 amide bonds. The van der Waals surface area contributed by atoms with Gasteiger partial charge in [0.05, 0.1) is 17.2 Å². The molecular formula is C30H30FN3O5S. The third-order valence-corrected chi connectivity index (χ3v) is 8.66. The number of carbonyl (C=O) groups excluding carboxylic acids is 2. The number of ether oxygens (including phenoxy) is 1. The monoisotopic (exact) mass is 563 g/mol. The van der Waals surface area contributed by atoms with Crippen LogP contribution in [0.15, 0.2) is 71.6 Å². The number of thioether (sulfide) groups is 1. The lowest BCUT2D eigenvalue weighted by Gasteiger charge is -2.31. The van der Waals surface area contributed by atoms with E-state index in [-0.39, 0.29) is 29.1 Å². The van der Waals surface area contributed by atoms with Crippen molar-refractivity contribution in [2.75, 3.05) is 31.1 Å². The normalized spacial score (nSPS) is 17.4. The number of Topliss-reactive ketones (excluding diaryl/α,β-unsaturated/α-hetero) is 1. The number of likely N-dealkylation sites (tertiary alicyclic amines) is 1. The minimum Gasteiger partial charge on any atom is -0.493 e. The molecule has 2 aliphatic heterocycles. The predicted octanol–water partition coefficient (Wildman–Crippen LogP) is 6.26. The Morgan fingerprint density at radius 1 is 1.07 bits per heavy atom. The molecule has 3 aromatic carbocycles. The number of nitro benzene ring substituents is 1. The van der Waals surface area contributed by atoms with Crippen LogP contribution in [0.3, 0.4) is 0 Å². The molecule has 0 bridgehead atoms. The van der Waals surface area contributed by atoms with Gasteiger partial charge in [0.1, 0.15) is 16.9 Å². The van der Waals surface area contributed by atoms with Gasteiger partial charge in [-0.25, -0.2) is 4.39 Å². The largest absolute Gasteiger partial charge is 0.493 e. The van der Waals surface area contributed by atoms with Crippen molar-refractivity contribution in [1.82, 2.24) is 4.90 Å². The number of hydrogen-bond acceptors (Lipinski definition) is 7. The quantitative estimate of drug-likeness (QED) is 0.131. The van der Waals surface area contributed by atoms with Gasteiger partial charge in [-0.3, -0.25) is 24.6 Å². The fourth-order valence-corrected chi connectivity index (χ4v) is 6.67. The fourth-order valence-electron chi connectivity index (χ4n) is 5.31. The molecule has 1 saturated heterocycles. The molecule has 40 heavy (non-hydrogen) atoms. The Balaban J connectivity index is 1.19. The molecule has 0 N–H and O–H groups in total. The maximum absolute atomic E-state index is 13.2. The van der Waals surface area contributed by atoms with Gasteiger partial charge in [-0.15, -0.1) is 0 Å². The third-order valence-electron chi connectivity index (χ3n) is 7.37. The summed E-state index contributed by atoms with van der Waals surface area (Å²) in [4.78, 5) is 41.4. The highest BCUT2D eigenvalue weighted by atomic mass is 32.2. The number of fused-ring (bicyclic) bond motifs is 1. The van der Waals surface area contributed by atoms with Crippen LogP contribution in [0.2, 0.25) is 0 Å². The number of para-hydroxylation sites is 1. The second kappa shape index (κ2) is 12.2. The molecule has 1 unspecified atom stereocenters. The Kier molecular flexibility index (Phi) is 8.46. The number of nitrogens with zero attached hydrogens (tertiary/aromatic N) is 3. The van der Waals surface area contributed by atoms with E-state index in [1.54, 1.807) is 23.1 Å². The van der Waals surface area contributed by atoms with Gasteiger partial charge in [0.25, 0.3) is 5.69 Å². The van der Waals surface area contributed by atoms with Crippen molar-refractivity contribution in [2.24, 2.45) is 5.92 Å². The van der Waals surface area contributed by atoms with Crippen LogP contribution in [0.1, 0.15) is 47.5 Å². The summed E-state index contributed by atoms with van der Waals surface area (Å²) in [6.45, 7) is 4.28. The molecule has 2 aliphatic rings. The van der Waals surface area contributed by atoms with Crippen LogP contribution in [-0.4, -0.2) is 47.8 Å². The maximum Gasteiger partial charge on any atom is 0.270 e. The standard InChI is InChI=1S/C30H30FN3O5S/c1-20(35)33-26-5-2-3-6-28(26)40-30(33)25-19-24(34(37)38)11-12-27(25)39-18-4-15-32-16-13-22(14-17-32)29(36)21-7-9-23(31)10-8-21/h2-3,5-12,19,22,30H,4,13-18H2,1H3. The number of ketones is 1. The number of halogens is 1. The molecule has 0 radical (unpaired) electrons. The Hall–Kier alpha value is -3.76. The van der Waals surface area contributed by atoms with E-state index in [0.717, 1.165) is 49.5 Å². The molecule has 208 valence electrons. The highest BCUT2D eigenvalue weighted by Gasteiger charge is 2.36. The first kappa shape index (κ1) is 27.8. The molecule has 0 saturated carbocycles. The van der Waals surface area contributed by atoms with Crippen LogP contribution >= 0.6 is 11.8 Å². The molecule has 1 fully saturated rings. The SMILES string of the molecule is CC(=O)N1c2ccccc2SC1c1cc([N+](=O)[O-])ccc1OCCCN1CCC(C(=O)c2ccc(F)cc2)CC1. The van der Waals surface area contributed by atoms with Crippen molar-refractivity contribution >= 4 is 34.8 Å². The number of non-ortho nitro benzene ring substituents is 1. The van der Waals surface area contributed by atoms with Crippen molar-refractivity contribution in [1.29, 1.82) is 0 Å². The molecule has 0 aliphatic carbocycles. The van der Waals surface area contributed by atoms with Crippen LogP contribution < -0.4 is 9.64 Å². The van der Waals surface area contributed by atoms with Gasteiger partial charge in [0.15, 0.2) is 5.78 Å². The van der Waals surface area contributed by atoms with E-state index < -0.39 is 10.3 Å². The maximum atomic E-state index is 13.2. The van der Waals surface area contributed by atoms with E-state index in [0.29, 0.717) is 23.5 Å². The van der Waals surface area contributed by atoms with E-state index in [9.17, 15) is 24.1 Å². The summed E-state index contributed by atoms with van der Waals surface area (Å²) in [6, 6.07) is 17.8. The van der Waals surface area contributed by atoms with Crippen molar-refractivity contribution in [2.45, 2.75) is 36.5 Å². The number of benzene rings is 3. The predicted molar refractivity (Wildman–Crippen MR) is 151 cm³/mol. The van der Waals surface area contributed by atoms with Crippen LogP contribution in [0, 0.1) is 21.8 Å². The van der Waals surface area contributed by atoms with Crippen molar-refractivity contribution in [3.05, 3.63) is 93.8 Å². The summed E-state index contributed by atoms with van der Waals surface area (Å²) in [5, 5.41) is 11.1. The molecule has 1 atom stereocenters. The van der Waals surface area contributed by atoms with Gasteiger partial charge >= 0.3 is 0 Å². The van der Waals surface area contributed by atoms with Crippen LogP contribution in [0.25, 0.3) is 0 Å². The number of nitro groups is 1. The van der Waals surface area contributed by atoms with Gasteiger partial charge in [-0.2, -0.15) is 0 Å². The van der Waals surface area contributed by atoms with E-state index in [1.165, 1.54) is 43.0 Å². The Bertz CT molecular complexity index is 1410. The van der Waals surface area contributed by atoms with Crippen molar-refractivity contribution in [3.8, 4) is 5.75 Å². The first-order valence-corrected chi connectivity index (χ1v) is 14.2. The van der Waals surface area contributed by atoms with Crippen LogP contribution in [-0.2, 0) is 4.79 Å². The molecule has 8 nitrogen and oxygen atoms in total. The number of carbonyl (C=O) groups is 2. The fraction of sp³-hybridized carbons (Fsp3) is 0.333. The number of rotatable bonds is 9. The van der Waals surface area contributed by atoms with Crippen LogP contribution in [0.4, 0.5) is 15.8 Å². The van der Waals surface area contributed by atoms with Crippen molar-refractivity contribution < 1.29 is 23.6 Å². The molecule has 5 rings (SSSR count). The van der Waals surface area contributed by atoms with Crippen molar-refractivity contribution in [3.63, 3.8) is 0 Å². The minimum atomic E-state index is -0.470. The van der Waals surface area contributed by atoms with E-state index in [2.05, 4.69) is 4.90 Å². The zero-order chi connectivity index (χ0) is 28.2. The highest BCUT2D eigenvalue weighted by Crippen LogP contribution is 2.53. The summed E-state index contributed by atoms with van der Waals surface area (Å²) >= 11 is 1.47. The summed E-state index contributed by atoms with van der Waals surface area (Å²) in [6.07, 6.45) is 2.25. The third kappa shape index (κ3) is 6.03. The van der Waals surface area contributed by atoms with E-state index >= 15 is 0 Å². The van der Waals surface area contributed by atoms with Gasteiger partial charge in [0.2, 0.25) is 5.91 Å². The molecular weight excluding hydrogens is 533 g/mol. The summed E-state index contributed by atoms with van der Waals surface area (Å²) in [7, 11) is 0. The Morgan fingerprint density at radius 3 is 2.50 bits per heavy atom. The zero-order valence-electron chi connectivity index (χ0n) is 22.1. The van der Waals surface area contributed by atoms with E-state index in [1.807, 2.05) is 24.3 Å². The Morgan fingerprint density at radius 2 is 1.80 bits per heavy atom. The Labute approximate surface area is 236 Å². The molecule has 0 spiro atoms. The average molecular weight is 564 g/mol. The van der Waals surface area contributed by atoms with Gasteiger partial charge in [-0.05, 0) is 74.8 Å². The average Bonchev–Trinajstić information content (AvgIpc) is 3.35. The first-order valence-electron chi connectivity index (χ1n) is 13.3. The first-order chi connectivity index (χ1) is 19.3. The number of hydrogen-bond donors (Lipinski definition) is 0. The second-order valence-corrected chi connectivity index (χ2v) is 11.1. The molecule has 3 aromatic rings. The lowest BCUT2D eigenvalue weighted by molar-refractivity contribution is -0.384. The van der Waals surface area contributed by atoms with Crippen LogP contribution in [0.5, 0.6) is 5.75 Å². The van der Waals surface area contributed by atoms with Gasteiger partial charge < -0.3 is 9.64 Å². The summed E-state index contributed by atoms with van der Waals surface area (Å²) in [5.41, 5.74) is 1.87. The summed E-state index contributed by atoms with van der Waals surface area (Å²) < 4.78 is 19.3. The summed E-state index contributed by atoms with van der Waals surface area (Å²) in [5.74, 6) is 0.0304. The van der Waals surface area contributed by atoms with Gasteiger partial charge in [-0.1, -0.05) is 23.9 Å². The van der Waals surface area contributed by atoms with Gasteiger partial charge in [0, 0.05) is 47.5 Å². The smallest absolute Gasteiger partial charge is 0.270 e. The number of amides is 1. The second-order valence-electron chi connectivity index (χ2n) is 10.00. The van der Waals surface area contributed by atoms with E-state index in [4.69, 9.17) is 4.74 Å². The minimum absolute atomic E-state index is 0.0551. The number of piperidine rings is 1. The molecule has 0 aromatic heterocycles. The lowest BCUT2D eigenvalue weighted by Crippen LogP contribution is -2.37. The lowest BCUT2D eigenvalue weighted by atomic mass is 9.89.